The molecule has 0 saturated carbocycles. The normalized spacial score (nSPS) is 10.3. The third kappa shape index (κ3) is 2.63. The largest absolute Gasteiger partial charge is 0.396 e. The zero-order valence-corrected chi connectivity index (χ0v) is 9.56. The molecule has 0 saturated heterocycles. The third-order valence-electron chi connectivity index (χ3n) is 2.53. The second-order valence-electron chi connectivity index (χ2n) is 3.93. The SMILES string of the molecule is Nc1cc(CC(=O)c2ccc(N)c(F)c2)ccn1. The minimum absolute atomic E-state index is 0.0275. The number of halogens is 1. The molecular weight excluding hydrogens is 233 g/mol. The van der Waals surface area contributed by atoms with Gasteiger partial charge < -0.3 is 11.5 Å². The van der Waals surface area contributed by atoms with E-state index < -0.39 is 5.82 Å². The molecule has 4 nitrogen and oxygen atoms in total. The summed E-state index contributed by atoms with van der Waals surface area (Å²) in [7, 11) is 0. The Kier molecular flexibility index (Phi) is 3.23. The molecule has 92 valence electrons. The van der Waals surface area contributed by atoms with Crippen LogP contribution in [0.5, 0.6) is 0 Å². The standard InChI is InChI=1S/C13H12FN3O/c14-10-7-9(1-2-11(10)15)12(18)5-8-3-4-17-13(16)6-8/h1-4,6-7H,5,15H2,(H2,16,17). The summed E-state index contributed by atoms with van der Waals surface area (Å²) in [5.41, 5.74) is 11.9. The zero-order chi connectivity index (χ0) is 13.1. The second-order valence-corrected chi connectivity index (χ2v) is 3.93. The molecule has 0 aliphatic heterocycles. The van der Waals surface area contributed by atoms with Gasteiger partial charge in [-0.25, -0.2) is 9.37 Å². The molecule has 0 unspecified atom stereocenters. The van der Waals surface area contributed by atoms with E-state index in [9.17, 15) is 9.18 Å². The number of hydrogen-bond acceptors (Lipinski definition) is 4. The van der Waals surface area contributed by atoms with E-state index in [1.165, 1.54) is 18.3 Å². The van der Waals surface area contributed by atoms with Crippen LogP contribution in [-0.2, 0) is 6.42 Å². The number of carbonyl (C=O) groups excluding carboxylic acids is 1. The lowest BCUT2D eigenvalue weighted by molar-refractivity contribution is 0.0992. The minimum atomic E-state index is -0.588. The van der Waals surface area contributed by atoms with Crippen molar-refractivity contribution in [1.29, 1.82) is 0 Å². The molecule has 2 aromatic rings. The van der Waals surface area contributed by atoms with Gasteiger partial charge in [0, 0.05) is 18.2 Å². The van der Waals surface area contributed by atoms with Gasteiger partial charge in [-0.15, -0.1) is 0 Å². The summed E-state index contributed by atoms with van der Waals surface area (Å²) in [6, 6.07) is 7.34. The highest BCUT2D eigenvalue weighted by Gasteiger charge is 2.09. The van der Waals surface area contributed by atoms with E-state index in [1.54, 1.807) is 12.1 Å². The van der Waals surface area contributed by atoms with Gasteiger partial charge >= 0.3 is 0 Å². The van der Waals surface area contributed by atoms with Crippen LogP contribution >= 0.6 is 0 Å². The van der Waals surface area contributed by atoms with Gasteiger partial charge in [0.1, 0.15) is 11.6 Å². The van der Waals surface area contributed by atoms with Crippen LogP contribution < -0.4 is 11.5 Å². The van der Waals surface area contributed by atoms with Crippen LogP contribution in [0.4, 0.5) is 15.9 Å². The number of anilines is 2. The molecule has 4 N–H and O–H groups in total. The van der Waals surface area contributed by atoms with Crippen molar-refractivity contribution in [2.75, 3.05) is 11.5 Å². The molecule has 0 aliphatic rings. The van der Waals surface area contributed by atoms with Gasteiger partial charge in [-0.1, -0.05) is 0 Å². The smallest absolute Gasteiger partial charge is 0.167 e. The molecule has 5 heteroatoms. The van der Waals surface area contributed by atoms with Crippen molar-refractivity contribution in [2.24, 2.45) is 0 Å². The van der Waals surface area contributed by atoms with E-state index in [-0.39, 0.29) is 23.5 Å². The van der Waals surface area contributed by atoms with Crippen molar-refractivity contribution in [2.45, 2.75) is 6.42 Å². The van der Waals surface area contributed by atoms with E-state index in [1.807, 2.05) is 0 Å². The Labute approximate surface area is 103 Å². The second kappa shape index (κ2) is 4.83. The Morgan fingerprint density at radius 1 is 1.22 bits per heavy atom. The first-order valence-corrected chi connectivity index (χ1v) is 5.35. The Hall–Kier alpha value is -2.43. The van der Waals surface area contributed by atoms with Crippen LogP contribution in [0.15, 0.2) is 36.5 Å². The van der Waals surface area contributed by atoms with E-state index in [0.29, 0.717) is 5.82 Å². The average molecular weight is 245 g/mol. The van der Waals surface area contributed by atoms with E-state index >= 15 is 0 Å². The number of aromatic nitrogens is 1. The molecule has 18 heavy (non-hydrogen) atoms. The molecule has 0 fully saturated rings. The Bertz CT molecular complexity index is 599. The zero-order valence-electron chi connectivity index (χ0n) is 9.56. The summed E-state index contributed by atoms with van der Waals surface area (Å²) < 4.78 is 13.2. The maximum atomic E-state index is 13.2. The number of nitrogen functional groups attached to an aromatic ring is 2. The fourth-order valence-corrected chi connectivity index (χ4v) is 1.59. The number of hydrogen-bond donors (Lipinski definition) is 2. The van der Waals surface area contributed by atoms with Gasteiger partial charge in [0.15, 0.2) is 5.78 Å². The molecule has 1 heterocycles. The van der Waals surface area contributed by atoms with E-state index in [0.717, 1.165) is 11.6 Å². The van der Waals surface area contributed by atoms with Crippen molar-refractivity contribution in [3.05, 3.63) is 53.5 Å². The molecular formula is C13H12FN3O. The summed E-state index contributed by atoms with van der Waals surface area (Å²) in [4.78, 5) is 15.8. The number of ketones is 1. The lowest BCUT2D eigenvalue weighted by Gasteiger charge is -2.03. The number of nitrogens with zero attached hydrogens (tertiary/aromatic N) is 1. The Morgan fingerprint density at radius 3 is 2.67 bits per heavy atom. The summed E-state index contributed by atoms with van der Waals surface area (Å²) in [5.74, 6) is -0.432. The van der Waals surface area contributed by atoms with Crippen molar-refractivity contribution in [3.63, 3.8) is 0 Å². The van der Waals surface area contributed by atoms with Crippen molar-refractivity contribution < 1.29 is 9.18 Å². The van der Waals surface area contributed by atoms with Gasteiger partial charge in [0.05, 0.1) is 5.69 Å². The molecule has 0 bridgehead atoms. The first-order chi connectivity index (χ1) is 8.56. The number of nitrogens with two attached hydrogens (primary N) is 2. The average Bonchev–Trinajstić information content (AvgIpc) is 2.32. The first-order valence-electron chi connectivity index (χ1n) is 5.35. The predicted molar refractivity (Wildman–Crippen MR) is 67.5 cm³/mol. The summed E-state index contributed by atoms with van der Waals surface area (Å²) in [6.07, 6.45) is 1.68. The molecule has 1 aromatic carbocycles. The maximum Gasteiger partial charge on any atom is 0.167 e. The van der Waals surface area contributed by atoms with Crippen LogP contribution in [0.2, 0.25) is 0 Å². The fraction of sp³-hybridized carbons (Fsp3) is 0.0769. The summed E-state index contributed by atoms with van der Waals surface area (Å²) in [6.45, 7) is 0. The highest BCUT2D eigenvalue weighted by molar-refractivity contribution is 5.97. The topological polar surface area (TPSA) is 82.0 Å². The van der Waals surface area contributed by atoms with Crippen molar-refractivity contribution in [1.82, 2.24) is 4.98 Å². The lowest BCUT2D eigenvalue weighted by atomic mass is 10.0. The van der Waals surface area contributed by atoms with Crippen molar-refractivity contribution >= 4 is 17.3 Å². The molecule has 0 atom stereocenters. The van der Waals surface area contributed by atoms with Gasteiger partial charge in [0.2, 0.25) is 0 Å². The maximum absolute atomic E-state index is 13.2. The third-order valence-corrected chi connectivity index (χ3v) is 2.53. The molecule has 1 aromatic heterocycles. The quantitative estimate of drug-likeness (QED) is 0.638. The summed E-state index contributed by atoms with van der Waals surface area (Å²) in [5, 5.41) is 0. The van der Waals surface area contributed by atoms with E-state index in [2.05, 4.69) is 4.98 Å². The molecule has 2 rings (SSSR count). The van der Waals surface area contributed by atoms with Crippen LogP contribution in [0, 0.1) is 5.82 Å². The van der Waals surface area contributed by atoms with Crippen LogP contribution in [-0.4, -0.2) is 10.8 Å². The number of carbonyl (C=O) groups is 1. The van der Waals surface area contributed by atoms with Crippen LogP contribution in [0.3, 0.4) is 0 Å². The fourth-order valence-electron chi connectivity index (χ4n) is 1.59. The Balaban J connectivity index is 2.19. The van der Waals surface area contributed by atoms with Gasteiger partial charge in [-0.2, -0.15) is 0 Å². The van der Waals surface area contributed by atoms with Gasteiger partial charge in [0.25, 0.3) is 0 Å². The number of benzene rings is 1. The molecule has 0 aliphatic carbocycles. The van der Waals surface area contributed by atoms with Gasteiger partial charge in [-0.3, -0.25) is 4.79 Å². The first kappa shape index (κ1) is 12.0. The molecule has 0 radical (unpaired) electrons. The minimum Gasteiger partial charge on any atom is -0.396 e. The molecule has 0 amide bonds. The van der Waals surface area contributed by atoms with E-state index in [4.69, 9.17) is 11.5 Å². The predicted octanol–water partition coefficient (Wildman–Crippen LogP) is 1.81. The lowest BCUT2D eigenvalue weighted by Crippen LogP contribution is -2.05. The van der Waals surface area contributed by atoms with Crippen LogP contribution in [0.25, 0.3) is 0 Å². The number of pyridine rings is 1. The molecule has 0 spiro atoms. The Morgan fingerprint density at radius 2 is 2.00 bits per heavy atom. The van der Waals surface area contributed by atoms with Gasteiger partial charge in [-0.05, 0) is 35.9 Å². The summed E-state index contributed by atoms with van der Waals surface area (Å²) >= 11 is 0. The highest BCUT2D eigenvalue weighted by atomic mass is 19.1. The highest BCUT2D eigenvalue weighted by Crippen LogP contribution is 2.14. The number of Topliss-reactive ketones (excluding diaryl/α,β-unsaturated/α-hetero) is 1. The van der Waals surface area contributed by atoms with Crippen LogP contribution in [0.1, 0.15) is 15.9 Å². The monoisotopic (exact) mass is 245 g/mol. The number of rotatable bonds is 3. The van der Waals surface area contributed by atoms with Crippen molar-refractivity contribution in [3.8, 4) is 0 Å².